The predicted octanol–water partition coefficient (Wildman–Crippen LogP) is 8.75. The summed E-state index contributed by atoms with van der Waals surface area (Å²) in [7, 11) is 4.01. The smallest absolute Gasteiger partial charge is 0.271 e. The molecule has 2 atom stereocenters. The summed E-state index contributed by atoms with van der Waals surface area (Å²) in [6.45, 7) is 0. The van der Waals surface area contributed by atoms with E-state index in [0.717, 1.165) is 58.2 Å². The van der Waals surface area contributed by atoms with E-state index in [1.807, 2.05) is 109 Å². The van der Waals surface area contributed by atoms with E-state index in [-0.39, 0.29) is 5.91 Å². The van der Waals surface area contributed by atoms with Gasteiger partial charge in [0, 0.05) is 41.8 Å². The Balaban J connectivity index is 1.31. The largest absolute Gasteiger partial charge is 0.478 e. The summed E-state index contributed by atoms with van der Waals surface area (Å²) in [6.07, 6.45) is -0.713. The molecule has 5 aromatic carbocycles. The monoisotopic (exact) mass is 624 g/mol. The van der Waals surface area contributed by atoms with Crippen LogP contribution in [0.1, 0.15) is 11.6 Å². The standard InChI is InChI=1S/C37H28N4O2S2/c1-40(2)25-18-20-26(21-19-25)41-33(34(36(41)42)43-27-11-4-3-5-12-27)29-22-24-17-16-23-10-6-7-13-28(23)32(24)39-35(29)45-37-38-30-14-8-9-15-31(30)44-37/h3-22,33-34H,1-2H3. The van der Waals surface area contributed by atoms with Gasteiger partial charge in [0.2, 0.25) is 6.10 Å². The summed E-state index contributed by atoms with van der Waals surface area (Å²) >= 11 is 3.20. The molecule has 2 unspecified atom stereocenters. The Morgan fingerprint density at radius 1 is 0.800 bits per heavy atom. The number of carbonyl (C=O) groups is 1. The minimum atomic E-state index is -0.713. The zero-order chi connectivity index (χ0) is 30.5. The molecule has 1 aliphatic rings. The first-order chi connectivity index (χ1) is 22.0. The van der Waals surface area contributed by atoms with Gasteiger partial charge in [-0.3, -0.25) is 9.69 Å². The topological polar surface area (TPSA) is 58.6 Å². The number of aromatic nitrogens is 2. The highest BCUT2D eigenvalue weighted by Crippen LogP contribution is 2.47. The third kappa shape index (κ3) is 4.96. The van der Waals surface area contributed by atoms with Crippen LogP contribution in [0.4, 0.5) is 11.4 Å². The van der Waals surface area contributed by atoms with Crippen molar-refractivity contribution >= 4 is 72.3 Å². The summed E-state index contributed by atoms with van der Waals surface area (Å²) in [6, 6.07) is 40.1. The third-order valence-electron chi connectivity index (χ3n) is 8.18. The lowest BCUT2D eigenvalue weighted by atomic mass is 9.89. The van der Waals surface area contributed by atoms with Gasteiger partial charge in [0.1, 0.15) is 16.8 Å². The Hall–Kier alpha value is -4.92. The first-order valence-corrected chi connectivity index (χ1v) is 16.3. The normalized spacial score (nSPS) is 16.3. The summed E-state index contributed by atoms with van der Waals surface area (Å²) < 4.78 is 8.45. The molecule has 2 aromatic heterocycles. The molecule has 0 spiro atoms. The highest BCUT2D eigenvalue weighted by Gasteiger charge is 2.52. The number of hydrogen-bond donors (Lipinski definition) is 0. The third-order valence-corrected chi connectivity index (χ3v) is 10.3. The van der Waals surface area contributed by atoms with Crippen molar-refractivity contribution in [3.63, 3.8) is 0 Å². The molecule has 0 N–H and O–H groups in total. The van der Waals surface area contributed by atoms with Gasteiger partial charge < -0.3 is 9.64 Å². The first kappa shape index (κ1) is 27.6. The van der Waals surface area contributed by atoms with Crippen LogP contribution in [0.2, 0.25) is 0 Å². The molecular formula is C37H28N4O2S2. The van der Waals surface area contributed by atoms with Crippen molar-refractivity contribution in [3.8, 4) is 5.75 Å². The van der Waals surface area contributed by atoms with Crippen LogP contribution in [0.25, 0.3) is 31.9 Å². The fraction of sp³-hybridized carbons (Fsp3) is 0.108. The summed E-state index contributed by atoms with van der Waals surface area (Å²) in [4.78, 5) is 28.1. The Bertz CT molecular complexity index is 2170. The summed E-state index contributed by atoms with van der Waals surface area (Å²) in [5.41, 5.74) is 4.70. The molecule has 8 rings (SSSR count). The predicted molar refractivity (Wildman–Crippen MR) is 185 cm³/mol. The van der Waals surface area contributed by atoms with E-state index in [0.29, 0.717) is 5.75 Å². The van der Waals surface area contributed by atoms with Crippen molar-refractivity contribution in [1.82, 2.24) is 9.97 Å². The number of fused-ring (bicyclic) bond motifs is 4. The maximum absolute atomic E-state index is 13.9. The molecule has 3 heterocycles. The Kier molecular flexibility index (Phi) is 6.88. The molecule has 0 bridgehead atoms. The van der Waals surface area contributed by atoms with Gasteiger partial charge in [-0.1, -0.05) is 66.7 Å². The molecule has 1 aliphatic heterocycles. The van der Waals surface area contributed by atoms with Crippen molar-refractivity contribution in [2.24, 2.45) is 0 Å². The second-order valence-corrected chi connectivity index (χ2v) is 13.5. The minimum Gasteiger partial charge on any atom is -0.478 e. The van der Waals surface area contributed by atoms with Gasteiger partial charge in [-0.25, -0.2) is 9.97 Å². The molecule has 1 saturated heterocycles. The maximum atomic E-state index is 13.9. The number of nitrogens with zero attached hydrogens (tertiary/aromatic N) is 4. The number of β-lactam (4-membered cyclic amide) rings is 1. The summed E-state index contributed by atoms with van der Waals surface area (Å²) in [5.74, 6) is 0.569. The minimum absolute atomic E-state index is 0.0870. The van der Waals surface area contributed by atoms with Crippen LogP contribution < -0.4 is 14.5 Å². The molecule has 1 fully saturated rings. The quantitative estimate of drug-likeness (QED) is 0.131. The molecular weight excluding hydrogens is 597 g/mol. The van der Waals surface area contributed by atoms with E-state index >= 15 is 0 Å². The van der Waals surface area contributed by atoms with Crippen molar-refractivity contribution in [1.29, 1.82) is 0 Å². The van der Waals surface area contributed by atoms with Gasteiger partial charge in [0.15, 0.2) is 4.34 Å². The van der Waals surface area contributed by atoms with Gasteiger partial charge in [0.05, 0.1) is 15.7 Å². The second-order valence-electron chi connectivity index (χ2n) is 11.2. The second kappa shape index (κ2) is 11.2. The lowest BCUT2D eigenvalue weighted by Crippen LogP contribution is -2.61. The molecule has 6 nitrogen and oxygen atoms in total. The molecule has 0 radical (unpaired) electrons. The van der Waals surface area contributed by atoms with E-state index in [4.69, 9.17) is 14.7 Å². The highest BCUT2D eigenvalue weighted by molar-refractivity contribution is 8.01. The molecule has 1 amide bonds. The Morgan fingerprint density at radius 3 is 2.33 bits per heavy atom. The zero-order valence-corrected chi connectivity index (χ0v) is 26.3. The van der Waals surface area contributed by atoms with Crippen LogP contribution in [0.3, 0.4) is 0 Å². The van der Waals surface area contributed by atoms with E-state index in [9.17, 15) is 4.79 Å². The van der Waals surface area contributed by atoms with Crippen LogP contribution in [0.5, 0.6) is 5.75 Å². The molecule has 0 aliphatic carbocycles. The van der Waals surface area contributed by atoms with Crippen molar-refractivity contribution in [3.05, 3.63) is 127 Å². The lowest BCUT2D eigenvalue weighted by Gasteiger charge is -2.47. The molecule has 0 saturated carbocycles. The first-order valence-electron chi connectivity index (χ1n) is 14.7. The Labute approximate surface area is 268 Å². The van der Waals surface area contributed by atoms with Gasteiger partial charge in [-0.15, -0.1) is 11.3 Å². The van der Waals surface area contributed by atoms with Crippen molar-refractivity contribution in [2.75, 3.05) is 23.9 Å². The van der Waals surface area contributed by atoms with Crippen LogP contribution in [-0.4, -0.2) is 36.1 Å². The van der Waals surface area contributed by atoms with Crippen LogP contribution >= 0.6 is 23.1 Å². The van der Waals surface area contributed by atoms with E-state index in [1.165, 1.54) is 0 Å². The highest BCUT2D eigenvalue weighted by atomic mass is 32.2. The summed E-state index contributed by atoms with van der Waals surface area (Å²) in [5, 5.41) is 4.04. The number of hydrogen-bond acceptors (Lipinski definition) is 7. The number of para-hydroxylation sites is 2. The number of carbonyl (C=O) groups excluding carboxylic acids is 1. The van der Waals surface area contributed by atoms with Gasteiger partial charge in [0.25, 0.3) is 5.91 Å². The van der Waals surface area contributed by atoms with Crippen molar-refractivity contribution in [2.45, 2.75) is 21.5 Å². The molecule has 45 heavy (non-hydrogen) atoms. The number of pyridine rings is 1. The molecule has 220 valence electrons. The molecule has 8 heteroatoms. The Morgan fingerprint density at radius 2 is 1.53 bits per heavy atom. The van der Waals surface area contributed by atoms with E-state index in [1.54, 1.807) is 23.1 Å². The number of thiazole rings is 1. The van der Waals surface area contributed by atoms with Gasteiger partial charge in [-0.2, -0.15) is 0 Å². The van der Waals surface area contributed by atoms with Crippen molar-refractivity contribution < 1.29 is 9.53 Å². The fourth-order valence-electron chi connectivity index (χ4n) is 5.90. The number of amides is 1. The lowest BCUT2D eigenvalue weighted by molar-refractivity contribution is -0.135. The van der Waals surface area contributed by atoms with E-state index < -0.39 is 12.1 Å². The average Bonchev–Trinajstić information content (AvgIpc) is 3.49. The van der Waals surface area contributed by atoms with E-state index in [2.05, 4.69) is 36.4 Å². The fourth-order valence-corrected chi connectivity index (χ4v) is 8.02. The average molecular weight is 625 g/mol. The number of rotatable bonds is 7. The molecule has 7 aromatic rings. The van der Waals surface area contributed by atoms with Crippen LogP contribution in [-0.2, 0) is 4.79 Å². The number of benzene rings is 5. The zero-order valence-electron chi connectivity index (χ0n) is 24.6. The van der Waals surface area contributed by atoms with Gasteiger partial charge >= 0.3 is 0 Å². The number of anilines is 2. The maximum Gasteiger partial charge on any atom is 0.271 e. The van der Waals surface area contributed by atoms with Crippen LogP contribution in [0, 0.1) is 0 Å². The van der Waals surface area contributed by atoms with Crippen LogP contribution in [0.15, 0.2) is 131 Å². The SMILES string of the molecule is CN(C)c1ccc(N2C(=O)C(Oc3ccccc3)C2c2cc3ccc4ccccc4c3nc2Sc2nc3ccccc3s2)cc1. The van der Waals surface area contributed by atoms with Gasteiger partial charge in [-0.05, 0) is 71.7 Å². The number of ether oxygens (including phenoxy) is 1.